The Balaban J connectivity index is 1.74. The predicted molar refractivity (Wildman–Crippen MR) is 97.1 cm³/mol. The van der Waals surface area contributed by atoms with Crippen molar-refractivity contribution >= 4 is 28.9 Å². The maximum atomic E-state index is 12.3. The summed E-state index contributed by atoms with van der Waals surface area (Å²) in [5.41, 5.74) is 1.34. The largest absolute Gasteiger partial charge is 0.441 e. The molecule has 1 aromatic heterocycles. The van der Waals surface area contributed by atoms with Gasteiger partial charge in [0.25, 0.3) is 5.69 Å². The number of rotatable bonds is 5. The van der Waals surface area contributed by atoms with Gasteiger partial charge in [0.05, 0.1) is 17.0 Å². The molecule has 0 saturated carbocycles. The van der Waals surface area contributed by atoms with Gasteiger partial charge in [0.1, 0.15) is 10.8 Å². The zero-order valence-electron chi connectivity index (χ0n) is 13.7. The molecule has 0 bridgehead atoms. The van der Waals surface area contributed by atoms with E-state index in [0.717, 1.165) is 5.56 Å². The van der Waals surface area contributed by atoms with Crippen molar-refractivity contribution in [3.05, 3.63) is 75.1 Å². The maximum absolute atomic E-state index is 12.3. The highest BCUT2D eigenvalue weighted by atomic mass is 35.5. The number of oxazole rings is 1. The first kappa shape index (κ1) is 17.6. The fraction of sp³-hybridized carbons (Fsp3) is 0.111. The van der Waals surface area contributed by atoms with Crippen molar-refractivity contribution in [2.75, 3.05) is 5.32 Å². The third kappa shape index (κ3) is 3.89. The number of hydrogen-bond donors (Lipinski definition) is 1. The monoisotopic (exact) mass is 371 g/mol. The number of aryl methyl sites for hydroxylation is 1. The molecule has 0 aliphatic rings. The van der Waals surface area contributed by atoms with Crippen molar-refractivity contribution in [1.29, 1.82) is 0 Å². The molecule has 7 nitrogen and oxygen atoms in total. The highest BCUT2D eigenvalue weighted by molar-refractivity contribution is 6.32. The summed E-state index contributed by atoms with van der Waals surface area (Å²) in [4.78, 5) is 26.9. The molecule has 0 unspecified atom stereocenters. The molecule has 0 atom stereocenters. The van der Waals surface area contributed by atoms with Crippen LogP contribution in [0.15, 0.2) is 52.9 Å². The summed E-state index contributed by atoms with van der Waals surface area (Å²) in [5.74, 6) is 0.617. The minimum atomic E-state index is -0.605. The summed E-state index contributed by atoms with van der Waals surface area (Å²) in [7, 11) is 0. The fourth-order valence-corrected chi connectivity index (χ4v) is 2.57. The van der Waals surface area contributed by atoms with Gasteiger partial charge in [-0.15, -0.1) is 0 Å². The second-order valence-corrected chi connectivity index (χ2v) is 5.94. The summed E-state index contributed by atoms with van der Waals surface area (Å²) in [5, 5.41) is 13.5. The smallest absolute Gasteiger partial charge is 0.289 e. The fourth-order valence-electron chi connectivity index (χ4n) is 2.38. The van der Waals surface area contributed by atoms with Crippen LogP contribution in [0.25, 0.3) is 11.5 Å². The highest BCUT2D eigenvalue weighted by Crippen LogP contribution is 2.27. The van der Waals surface area contributed by atoms with E-state index >= 15 is 0 Å². The molecule has 26 heavy (non-hydrogen) atoms. The molecule has 1 amide bonds. The van der Waals surface area contributed by atoms with Crippen LogP contribution >= 0.6 is 11.6 Å². The van der Waals surface area contributed by atoms with Crippen molar-refractivity contribution < 1.29 is 14.1 Å². The molecule has 8 heteroatoms. The Morgan fingerprint density at radius 2 is 2.00 bits per heavy atom. The van der Waals surface area contributed by atoms with E-state index in [9.17, 15) is 14.9 Å². The van der Waals surface area contributed by atoms with Crippen LogP contribution in [0, 0.1) is 17.0 Å². The average molecular weight is 372 g/mol. The Morgan fingerprint density at radius 3 is 2.69 bits per heavy atom. The predicted octanol–water partition coefficient (Wildman–Crippen LogP) is 4.39. The van der Waals surface area contributed by atoms with Crippen LogP contribution in [0.1, 0.15) is 11.5 Å². The molecule has 1 N–H and O–H groups in total. The number of nitrogens with one attached hydrogen (secondary N) is 1. The van der Waals surface area contributed by atoms with E-state index in [2.05, 4.69) is 10.3 Å². The highest BCUT2D eigenvalue weighted by Gasteiger charge is 2.17. The summed E-state index contributed by atoms with van der Waals surface area (Å²) in [6.45, 7) is 1.73. The molecule has 1 heterocycles. The first-order chi connectivity index (χ1) is 12.4. The van der Waals surface area contributed by atoms with Gasteiger partial charge in [0, 0.05) is 17.3 Å². The standard InChI is InChI=1S/C18H14ClN3O4/c1-11-15(21-18(26-11)12-5-3-2-4-6-12)10-17(23)20-13-7-8-14(19)16(9-13)22(24)25/h2-9H,10H2,1H3,(H,20,23). The second-order valence-electron chi connectivity index (χ2n) is 5.54. The lowest BCUT2D eigenvalue weighted by molar-refractivity contribution is -0.384. The van der Waals surface area contributed by atoms with Crippen molar-refractivity contribution in [1.82, 2.24) is 4.98 Å². The van der Waals surface area contributed by atoms with E-state index in [1.54, 1.807) is 6.92 Å². The van der Waals surface area contributed by atoms with Crippen LogP contribution in [0.3, 0.4) is 0 Å². The summed E-state index contributed by atoms with van der Waals surface area (Å²) >= 11 is 5.76. The molecule has 132 valence electrons. The zero-order chi connectivity index (χ0) is 18.7. The molecule has 0 fully saturated rings. The van der Waals surface area contributed by atoms with Crippen molar-refractivity contribution in [2.45, 2.75) is 13.3 Å². The number of nitro benzene ring substituents is 1. The number of carbonyl (C=O) groups excluding carboxylic acids is 1. The summed E-state index contributed by atoms with van der Waals surface area (Å²) in [6.07, 6.45) is -0.0153. The van der Waals surface area contributed by atoms with Crippen molar-refractivity contribution in [3.8, 4) is 11.5 Å². The number of anilines is 1. The Bertz CT molecular complexity index is 970. The lowest BCUT2D eigenvalue weighted by atomic mass is 10.2. The average Bonchev–Trinajstić information content (AvgIpc) is 2.98. The zero-order valence-corrected chi connectivity index (χ0v) is 14.5. The summed E-state index contributed by atoms with van der Waals surface area (Å²) in [6, 6.07) is 13.4. The molecule has 0 aliphatic carbocycles. The van der Waals surface area contributed by atoms with Crippen LogP contribution in [0.5, 0.6) is 0 Å². The Morgan fingerprint density at radius 1 is 1.27 bits per heavy atom. The third-order valence-corrected chi connectivity index (χ3v) is 3.99. The number of nitrogens with zero attached hydrogens (tertiary/aromatic N) is 2. The maximum Gasteiger partial charge on any atom is 0.289 e. The Kier molecular flexibility index (Phi) is 4.99. The van der Waals surface area contributed by atoms with E-state index in [1.165, 1.54) is 18.2 Å². The Hall–Kier alpha value is -3.19. The number of benzene rings is 2. The van der Waals surface area contributed by atoms with Crippen LogP contribution in [-0.4, -0.2) is 15.8 Å². The van der Waals surface area contributed by atoms with Gasteiger partial charge < -0.3 is 9.73 Å². The first-order valence-electron chi connectivity index (χ1n) is 7.69. The Labute approximate surface area is 153 Å². The number of carbonyl (C=O) groups is 1. The SMILES string of the molecule is Cc1oc(-c2ccccc2)nc1CC(=O)Nc1ccc(Cl)c([N+](=O)[O-])c1. The lowest BCUT2D eigenvalue weighted by Gasteiger charge is -2.05. The molecule has 0 saturated heterocycles. The van der Waals surface area contributed by atoms with Gasteiger partial charge >= 0.3 is 0 Å². The second kappa shape index (κ2) is 7.37. The number of nitro groups is 1. The van der Waals surface area contributed by atoms with Crippen LogP contribution in [-0.2, 0) is 11.2 Å². The van der Waals surface area contributed by atoms with Gasteiger partial charge in [0.2, 0.25) is 11.8 Å². The minimum Gasteiger partial charge on any atom is -0.441 e. The number of aromatic nitrogens is 1. The van der Waals surface area contributed by atoms with Gasteiger partial charge in [-0.25, -0.2) is 4.98 Å². The van der Waals surface area contributed by atoms with Crippen LogP contribution < -0.4 is 5.32 Å². The topological polar surface area (TPSA) is 98.3 Å². The van der Waals surface area contributed by atoms with Gasteiger partial charge in [0.15, 0.2) is 0 Å². The summed E-state index contributed by atoms with van der Waals surface area (Å²) < 4.78 is 5.62. The number of hydrogen-bond acceptors (Lipinski definition) is 5. The molecule has 0 aliphatic heterocycles. The molecule has 0 radical (unpaired) electrons. The van der Waals surface area contributed by atoms with Gasteiger partial charge in [-0.3, -0.25) is 14.9 Å². The lowest BCUT2D eigenvalue weighted by Crippen LogP contribution is -2.15. The van der Waals surface area contributed by atoms with Crippen molar-refractivity contribution in [2.24, 2.45) is 0 Å². The van der Waals surface area contributed by atoms with Crippen LogP contribution in [0.4, 0.5) is 11.4 Å². The van der Waals surface area contributed by atoms with Gasteiger partial charge in [-0.05, 0) is 31.2 Å². The molecular weight excluding hydrogens is 358 g/mol. The van der Waals surface area contributed by atoms with Gasteiger partial charge in [-0.2, -0.15) is 0 Å². The quantitative estimate of drug-likeness (QED) is 0.529. The van der Waals surface area contributed by atoms with E-state index in [4.69, 9.17) is 16.0 Å². The minimum absolute atomic E-state index is 0.00727. The van der Waals surface area contributed by atoms with E-state index in [0.29, 0.717) is 17.3 Å². The van der Waals surface area contributed by atoms with E-state index < -0.39 is 4.92 Å². The van der Waals surface area contributed by atoms with E-state index in [1.807, 2.05) is 30.3 Å². The molecule has 3 rings (SSSR count). The number of amides is 1. The molecule has 2 aromatic carbocycles. The normalized spacial score (nSPS) is 10.5. The molecule has 3 aromatic rings. The third-order valence-electron chi connectivity index (χ3n) is 3.67. The first-order valence-corrected chi connectivity index (χ1v) is 8.07. The number of halogens is 1. The van der Waals surface area contributed by atoms with Crippen LogP contribution in [0.2, 0.25) is 5.02 Å². The molecular formula is C18H14ClN3O4. The molecule has 0 spiro atoms. The van der Waals surface area contributed by atoms with E-state index in [-0.39, 0.29) is 28.7 Å². The van der Waals surface area contributed by atoms with Crippen molar-refractivity contribution in [3.63, 3.8) is 0 Å². The van der Waals surface area contributed by atoms with Gasteiger partial charge in [-0.1, -0.05) is 29.8 Å².